The Hall–Kier alpha value is -6.58. The molecule has 0 bridgehead atoms. The molecule has 0 radical (unpaired) electrons. The Bertz CT molecular complexity index is 3690. The molecule has 0 spiro atoms. The van der Waals surface area contributed by atoms with E-state index in [-0.39, 0.29) is 5.41 Å². The summed E-state index contributed by atoms with van der Waals surface area (Å²) in [7, 11) is 0. The van der Waals surface area contributed by atoms with Gasteiger partial charge in [0.15, 0.2) is 0 Å². The van der Waals surface area contributed by atoms with E-state index in [1.165, 1.54) is 128 Å². The summed E-state index contributed by atoms with van der Waals surface area (Å²) in [5.41, 5.74) is 13.1. The molecule has 0 fully saturated rings. The SMILES string of the molecule is CC1(C)c2ccccc2-c2cc(-c3c4ccccc4c(-c4ccc(-c5ccc6ccc7c(sc8ccc9sc%10ccccc%10c9c87)c6c5)cc4)c4ccccc34)ccc21. The number of rotatable bonds is 3. The highest BCUT2D eigenvalue weighted by Gasteiger charge is 2.35. The second-order valence-electron chi connectivity index (χ2n) is 16.7. The smallest absolute Gasteiger partial charge is 0.0434 e. The lowest BCUT2D eigenvalue weighted by Gasteiger charge is -2.22. The van der Waals surface area contributed by atoms with Gasteiger partial charge in [0.2, 0.25) is 0 Å². The molecule has 0 amide bonds. The number of fused-ring (bicyclic) bond motifs is 14. The molecule has 0 aliphatic heterocycles. The number of hydrogen-bond donors (Lipinski definition) is 0. The molecule has 59 heavy (non-hydrogen) atoms. The first kappa shape index (κ1) is 33.4. The van der Waals surface area contributed by atoms with Crippen molar-refractivity contribution in [2.75, 3.05) is 0 Å². The highest BCUT2D eigenvalue weighted by Crippen LogP contribution is 2.52. The fourth-order valence-corrected chi connectivity index (χ4v) is 12.8. The predicted molar refractivity (Wildman–Crippen MR) is 259 cm³/mol. The van der Waals surface area contributed by atoms with Crippen molar-refractivity contribution in [2.24, 2.45) is 0 Å². The summed E-state index contributed by atoms with van der Waals surface area (Å²) in [5.74, 6) is 0. The van der Waals surface area contributed by atoms with Crippen LogP contribution in [-0.2, 0) is 5.41 Å². The van der Waals surface area contributed by atoms with Gasteiger partial charge in [-0.15, -0.1) is 22.7 Å². The van der Waals surface area contributed by atoms with E-state index >= 15 is 0 Å². The van der Waals surface area contributed by atoms with Crippen LogP contribution < -0.4 is 0 Å². The molecule has 1 aliphatic rings. The van der Waals surface area contributed by atoms with Crippen molar-refractivity contribution in [3.8, 4) is 44.5 Å². The van der Waals surface area contributed by atoms with Crippen LogP contribution in [0.15, 0.2) is 182 Å². The van der Waals surface area contributed by atoms with E-state index in [1.54, 1.807) is 0 Å². The maximum absolute atomic E-state index is 2.45. The topological polar surface area (TPSA) is 0 Å². The fraction of sp³-hybridized carbons (Fsp3) is 0.0526. The molecule has 0 saturated heterocycles. The summed E-state index contributed by atoms with van der Waals surface area (Å²) in [5, 5.41) is 13.2. The molecular weight excluding hydrogens is 749 g/mol. The lowest BCUT2D eigenvalue weighted by molar-refractivity contribution is 0.660. The molecule has 0 atom stereocenters. The van der Waals surface area contributed by atoms with Crippen LogP contribution in [0.25, 0.3) is 117 Å². The quantitative estimate of drug-likeness (QED) is 0.157. The molecule has 0 saturated carbocycles. The van der Waals surface area contributed by atoms with Gasteiger partial charge in [-0.05, 0) is 113 Å². The van der Waals surface area contributed by atoms with Gasteiger partial charge in [-0.1, -0.05) is 166 Å². The standard InChI is InChI=1S/C57H36S2/c1-57(2)47-17-9-7-11-38(47)46-32-37(26-28-48(46)57)53-41-14-5-3-12-39(41)52(40-13-4-6-15-42(40)53)35-22-19-33(20-23-35)36-24-21-34-25-27-44-55-51(59-56(44)45(34)31-36)30-29-50-54(55)43-16-8-10-18-49(43)58-50/h3-32H,1-2H3. The molecule has 2 aromatic heterocycles. The summed E-state index contributed by atoms with van der Waals surface area (Å²) in [4.78, 5) is 0. The lowest BCUT2D eigenvalue weighted by atomic mass is 9.81. The van der Waals surface area contributed by atoms with Crippen molar-refractivity contribution in [1.82, 2.24) is 0 Å². The minimum Gasteiger partial charge on any atom is -0.135 e. The lowest BCUT2D eigenvalue weighted by Crippen LogP contribution is -2.14. The molecular formula is C57H36S2. The van der Waals surface area contributed by atoms with Gasteiger partial charge in [-0.2, -0.15) is 0 Å². The minimum atomic E-state index is -0.0187. The number of thiophene rings is 2. The predicted octanol–water partition coefficient (Wildman–Crippen LogP) is 17.2. The Balaban J connectivity index is 0.949. The Morgan fingerprint density at radius 3 is 1.63 bits per heavy atom. The maximum atomic E-state index is 2.45. The molecule has 0 N–H and O–H groups in total. The summed E-state index contributed by atoms with van der Waals surface area (Å²) >= 11 is 3.83. The second-order valence-corrected chi connectivity index (χ2v) is 18.9. The third kappa shape index (κ3) is 4.70. The molecule has 1 aliphatic carbocycles. The van der Waals surface area contributed by atoms with Crippen LogP contribution in [0.2, 0.25) is 0 Å². The van der Waals surface area contributed by atoms with Gasteiger partial charge in [-0.25, -0.2) is 0 Å². The van der Waals surface area contributed by atoms with E-state index in [1.807, 2.05) is 22.7 Å². The van der Waals surface area contributed by atoms with Gasteiger partial charge >= 0.3 is 0 Å². The molecule has 10 aromatic carbocycles. The molecule has 2 heterocycles. The Morgan fingerprint density at radius 2 is 0.881 bits per heavy atom. The zero-order valence-corrected chi connectivity index (χ0v) is 34.3. The first-order valence-electron chi connectivity index (χ1n) is 20.5. The van der Waals surface area contributed by atoms with Gasteiger partial charge in [0.05, 0.1) is 0 Å². The zero-order chi connectivity index (χ0) is 39.0. The summed E-state index contributed by atoms with van der Waals surface area (Å²) in [6.45, 7) is 4.71. The molecule has 0 unspecified atom stereocenters. The van der Waals surface area contributed by atoms with Crippen LogP contribution in [0.3, 0.4) is 0 Å². The summed E-state index contributed by atoms with van der Waals surface area (Å²) < 4.78 is 5.44. The Labute approximate surface area is 350 Å². The third-order valence-electron chi connectivity index (χ3n) is 13.3. The van der Waals surface area contributed by atoms with Gasteiger partial charge in [0.25, 0.3) is 0 Å². The highest BCUT2D eigenvalue weighted by atomic mass is 32.1. The van der Waals surface area contributed by atoms with Gasteiger partial charge < -0.3 is 0 Å². The van der Waals surface area contributed by atoms with E-state index in [4.69, 9.17) is 0 Å². The van der Waals surface area contributed by atoms with E-state index in [0.29, 0.717) is 0 Å². The average molecular weight is 785 g/mol. The fourth-order valence-electron chi connectivity index (χ4n) is 10.5. The molecule has 0 nitrogen and oxygen atoms in total. The van der Waals surface area contributed by atoms with Gasteiger partial charge in [0.1, 0.15) is 0 Å². The highest BCUT2D eigenvalue weighted by molar-refractivity contribution is 7.28. The van der Waals surface area contributed by atoms with Crippen LogP contribution in [-0.4, -0.2) is 0 Å². The Morgan fingerprint density at radius 1 is 0.339 bits per heavy atom. The normalized spacial score (nSPS) is 13.4. The van der Waals surface area contributed by atoms with Crippen LogP contribution in [0.4, 0.5) is 0 Å². The summed E-state index contributed by atoms with van der Waals surface area (Å²) in [6.07, 6.45) is 0. The van der Waals surface area contributed by atoms with Crippen LogP contribution in [0.5, 0.6) is 0 Å². The molecule has 13 rings (SSSR count). The first-order chi connectivity index (χ1) is 29.0. The van der Waals surface area contributed by atoms with E-state index in [2.05, 4.69) is 196 Å². The minimum absolute atomic E-state index is 0.0187. The van der Waals surface area contributed by atoms with Crippen molar-refractivity contribution in [1.29, 1.82) is 0 Å². The van der Waals surface area contributed by atoms with Crippen LogP contribution in [0.1, 0.15) is 25.0 Å². The Kier molecular flexibility index (Phi) is 6.92. The largest absolute Gasteiger partial charge is 0.135 e. The van der Waals surface area contributed by atoms with Crippen molar-refractivity contribution < 1.29 is 0 Å². The average Bonchev–Trinajstić information content (AvgIpc) is 3.93. The third-order valence-corrected chi connectivity index (χ3v) is 15.6. The molecule has 276 valence electrons. The van der Waals surface area contributed by atoms with Crippen molar-refractivity contribution in [3.63, 3.8) is 0 Å². The zero-order valence-electron chi connectivity index (χ0n) is 32.6. The van der Waals surface area contributed by atoms with Gasteiger partial charge in [0, 0.05) is 51.1 Å². The van der Waals surface area contributed by atoms with Crippen LogP contribution in [0, 0.1) is 0 Å². The van der Waals surface area contributed by atoms with Gasteiger partial charge in [-0.3, -0.25) is 0 Å². The monoisotopic (exact) mass is 784 g/mol. The van der Waals surface area contributed by atoms with E-state index in [9.17, 15) is 0 Å². The van der Waals surface area contributed by atoms with E-state index in [0.717, 1.165) is 0 Å². The molecule has 12 aromatic rings. The van der Waals surface area contributed by atoms with Crippen molar-refractivity contribution >= 4 is 95.3 Å². The second kappa shape index (κ2) is 12.2. The maximum Gasteiger partial charge on any atom is 0.0434 e. The number of hydrogen-bond acceptors (Lipinski definition) is 2. The first-order valence-corrected chi connectivity index (χ1v) is 22.1. The van der Waals surface area contributed by atoms with Crippen LogP contribution >= 0.6 is 22.7 Å². The van der Waals surface area contributed by atoms with Crippen molar-refractivity contribution in [2.45, 2.75) is 19.3 Å². The van der Waals surface area contributed by atoms with E-state index < -0.39 is 0 Å². The molecule has 2 heteroatoms. The number of benzene rings is 10. The summed E-state index contributed by atoms with van der Waals surface area (Å²) in [6, 6.07) is 68.6. The van der Waals surface area contributed by atoms with Crippen molar-refractivity contribution in [3.05, 3.63) is 193 Å².